The molecule has 1 saturated carbocycles. The second kappa shape index (κ2) is 7.66. The number of carbonyl (C=O) groups is 1. The van der Waals surface area contributed by atoms with Crippen molar-refractivity contribution in [3.05, 3.63) is 35.3 Å². The van der Waals surface area contributed by atoms with Crippen molar-refractivity contribution in [3.8, 4) is 0 Å². The van der Waals surface area contributed by atoms with E-state index in [4.69, 9.17) is 0 Å². The van der Waals surface area contributed by atoms with E-state index in [2.05, 4.69) is 40.4 Å². The summed E-state index contributed by atoms with van der Waals surface area (Å²) in [5.41, 5.74) is 3.16. The van der Waals surface area contributed by atoms with Gasteiger partial charge in [0.25, 0.3) is 0 Å². The van der Waals surface area contributed by atoms with Crippen molar-refractivity contribution < 1.29 is 4.79 Å². The number of amides is 2. The summed E-state index contributed by atoms with van der Waals surface area (Å²) in [7, 11) is 0. The second-order valence-corrected chi connectivity index (χ2v) is 7.22. The van der Waals surface area contributed by atoms with Crippen LogP contribution in [0.4, 0.5) is 21.3 Å². The number of carbonyl (C=O) groups excluding carboxylic acids is 1. The van der Waals surface area contributed by atoms with Crippen molar-refractivity contribution >= 4 is 33.9 Å². The summed E-state index contributed by atoms with van der Waals surface area (Å²) in [6.45, 7) is 6.35. The average Bonchev–Trinajstić information content (AvgIpc) is 3.23. The lowest BCUT2D eigenvalue weighted by atomic mass is 10.1. The van der Waals surface area contributed by atoms with Crippen LogP contribution in [-0.2, 0) is 0 Å². The molecular weight excluding hydrogens is 320 g/mol. The van der Waals surface area contributed by atoms with E-state index in [0.717, 1.165) is 36.8 Å². The van der Waals surface area contributed by atoms with E-state index in [1.165, 1.54) is 29.7 Å². The fourth-order valence-electron chi connectivity index (χ4n) is 2.74. The van der Waals surface area contributed by atoms with E-state index < -0.39 is 0 Å². The largest absolute Gasteiger partial charge is 0.370 e. The molecule has 0 saturated heterocycles. The first-order chi connectivity index (χ1) is 11.7. The molecule has 2 amide bonds. The number of nitrogens with one attached hydrogen (secondary N) is 2. The van der Waals surface area contributed by atoms with Gasteiger partial charge in [-0.1, -0.05) is 13.0 Å². The third-order valence-corrected chi connectivity index (χ3v) is 4.75. The Morgan fingerprint density at radius 1 is 1.38 bits per heavy atom. The highest BCUT2D eigenvalue weighted by Gasteiger charge is 2.25. The third kappa shape index (κ3) is 4.47. The topological polar surface area (TPSA) is 57.3 Å². The number of nitrogens with zero attached hydrogens (tertiary/aromatic N) is 2. The van der Waals surface area contributed by atoms with Gasteiger partial charge in [0.05, 0.1) is 11.4 Å². The van der Waals surface area contributed by atoms with Crippen LogP contribution in [0, 0.1) is 12.8 Å². The molecule has 0 spiro atoms. The first-order valence-electron chi connectivity index (χ1n) is 8.49. The minimum Gasteiger partial charge on any atom is -0.370 e. The van der Waals surface area contributed by atoms with Gasteiger partial charge in [-0.2, -0.15) is 0 Å². The minimum absolute atomic E-state index is 0.252. The number of hydrogen-bond donors (Lipinski definition) is 2. The second-order valence-electron chi connectivity index (χ2n) is 6.33. The predicted molar refractivity (Wildman–Crippen MR) is 101 cm³/mol. The van der Waals surface area contributed by atoms with Gasteiger partial charge in [0.2, 0.25) is 0 Å². The first-order valence-corrected chi connectivity index (χ1v) is 9.36. The maximum atomic E-state index is 12.3. The average molecular weight is 344 g/mol. The summed E-state index contributed by atoms with van der Waals surface area (Å²) in [4.78, 5) is 18.7. The quantitative estimate of drug-likeness (QED) is 0.764. The Kier molecular flexibility index (Phi) is 5.35. The van der Waals surface area contributed by atoms with Crippen LogP contribution in [0.3, 0.4) is 0 Å². The van der Waals surface area contributed by atoms with Crippen LogP contribution in [0.2, 0.25) is 0 Å². The maximum Gasteiger partial charge on any atom is 0.325 e. The van der Waals surface area contributed by atoms with E-state index in [-0.39, 0.29) is 6.03 Å². The van der Waals surface area contributed by atoms with E-state index in [9.17, 15) is 4.79 Å². The molecule has 0 aliphatic heterocycles. The van der Waals surface area contributed by atoms with Gasteiger partial charge in [-0.05, 0) is 49.8 Å². The molecular formula is C18H24N4OS. The van der Waals surface area contributed by atoms with Crippen LogP contribution in [0.1, 0.15) is 31.7 Å². The Morgan fingerprint density at radius 2 is 2.21 bits per heavy atom. The zero-order chi connectivity index (χ0) is 16.9. The van der Waals surface area contributed by atoms with Crippen molar-refractivity contribution in [2.24, 2.45) is 5.92 Å². The summed E-state index contributed by atoms with van der Waals surface area (Å²) in [5, 5.41) is 8.20. The molecule has 0 unspecified atom stereocenters. The molecule has 2 aromatic rings. The Labute approximate surface area is 147 Å². The molecule has 128 valence electrons. The molecule has 2 N–H and O–H groups in total. The number of aromatic nitrogens is 1. The summed E-state index contributed by atoms with van der Waals surface area (Å²) in [6.07, 6.45) is 5.40. The highest BCUT2D eigenvalue weighted by atomic mass is 32.1. The normalized spacial score (nSPS) is 13.6. The van der Waals surface area contributed by atoms with Crippen molar-refractivity contribution in [2.45, 2.75) is 33.1 Å². The van der Waals surface area contributed by atoms with E-state index in [1.54, 1.807) is 6.20 Å². The highest BCUT2D eigenvalue weighted by molar-refractivity contribution is 7.13. The SMILES string of the molecule is CCCN(CC1CC1)c1cc(C)ccc1NC(=O)Nc1nccs1. The van der Waals surface area contributed by atoms with Crippen molar-refractivity contribution in [1.29, 1.82) is 0 Å². The Morgan fingerprint density at radius 3 is 2.88 bits per heavy atom. The van der Waals surface area contributed by atoms with Crippen molar-refractivity contribution in [1.82, 2.24) is 4.98 Å². The first kappa shape index (κ1) is 16.8. The van der Waals surface area contributed by atoms with Crippen LogP contribution < -0.4 is 15.5 Å². The molecule has 1 aromatic heterocycles. The smallest absolute Gasteiger partial charge is 0.325 e. The molecule has 5 nitrogen and oxygen atoms in total. The zero-order valence-electron chi connectivity index (χ0n) is 14.2. The summed E-state index contributed by atoms with van der Waals surface area (Å²) >= 11 is 1.41. The van der Waals surface area contributed by atoms with Crippen molar-refractivity contribution in [2.75, 3.05) is 28.6 Å². The number of benzene rings is 1. The van der Waals surface area contributed by atoms with Crippen LogP contribution in [0.5, 0.6) is 0 Å². The van der Waals surface area contributed by atoms with Gasteiger partial charge >= 0.3 is 6.03 Å². The molecule has 1 fully saturated rings. The summed E-state index contributed by atoms with van der Waals surface area (Å²) < 4.78 is 0. The lowest BCUT2D eigenvalue weighted by Gasteiger charge is -2.27. The van der Waals surface area contributed by atoms with Crippen LogP contribution in [0.25, 0.3) is 0 Å². The number of urea groups is 1. The minimum atomic E-state index is -0.252. The molecule has 1 heterocycles. The molecule has 24 heavy (non-hydrogen) atoms. The Bertz CT molecular complexity index is 682. The van der Waals surface area contributed by atoms with E-state index in [0.29, 0.717) is 5.13 Å². The molecule has 0 bridgehead atoms. The summed E-state index contributed by atoms with van der Waals surface area (Å²) in [6, 6.07) is 5.93. The fraction of sp³-hybridized carbons (Fsp3) is 0.444. The Hall–Kier alpha value is -2.08. The Balaban J connectivity index is 1.77. The maximum absolute atomic E-state index is 12.3. The van der Waals surface area contributed by atoms with E-state index >= 15 is 0 Å². The molecule has 3 rings (SSSR count). The molecule has 1 aromatic carbocycles. The molecule has 1 aliphatic carbocycles. The van der Waals surface area contributed by atoms with Gasteiger partial charge < -0.3 is 10.2 Å². The highest BCUT2D eigenvalue weighted by Crippen LogP contribution is 2.34. The fourth-order valence-corrected chi connectivity index (χ4v) is 3.26. The predicted octanol–water partition coefficient (Wildman–Crippen LogP) is 4.72. The van der Waals surface area contributed by atoms with Gasteiger partial charge in [0.1, 0.15) is 0 Å². The summed E-state index contributed by atoms with van der Waals surface area (Å²) in [5.74, 6) is 0.800. The lowest BCUT2D eigenvalue weighted by molar-refractivity contribution is 0.262. The monoisotopic (exact) mass is 344 g/mol. The molecule has 0 atom stereocenters. The van der Waals surface area contributed by atoms with Gasteiger partial charge in [-0.25, -0.2) is 9.78 Å². The van der Waals surface area contributed by atoms with Crippen LogP contribution in [-0.4, -0.2) is 24.1 Å². The number of anilines is 3. The number of hydrogen-bond acceptors (Lipinski definition) is 4. The zero-order valence-corrected chi connectivity index (χ0v) is 15.0. The van der Waals surface area contributed by atoms with E-state index in [1.807, 2.05) is 17.5 Å². The van der Waals surface area contributed by atoms with Crippen molar-refractivity contribution in [3.63, 3.8) is 0 Å². The lowest BCUT2D eigenvalue weighted by Crippen LogP contribution is -2.28. The number of thiazole rings is 1. The van der Waals surface area contributed by atoms with Crippen LogP contribution >= 0.6 is 11.3 Å². The molecule has 1 aliphatic rings. The number of rotatable bonds is 7. The van der Waals surface area contributed by atoms with Crippen LogP contribution in [0.15, 0.2) is 29.8 Å². The number of aryl methyl sites for hydroxylation is 1. The molecule has 0 radical (unpaired) electrons. The van der Waals surface area contributed by atoms with Gasteiger partial charge in [-0.15, -0.1) is 11.3 Å². The standard InChI is InChI=1S/C18H24N4OS/c1-3-9-22(12-14-5-6-14)16-11-13(2)4-7-15(16)20-17(23)21-18-19-8-10-24-18/h4,7-8,10-11,14H,3,5-6,9,12H2,1-2H3,(H2,19,20,21,23). The van der Waals surface area contributed by atoms with Gasteiger partial charge in [-0.3, -0.25) is 5.32 Å². The third-order valence-electron chi connectivity index (χ3n) is 4.06. The van der Waals surface area contributed by atoms with Gasteiger partial charge in [0, 0.05) is 24.7 Å². The molecule has 6 heteroatoms. The van der Waals surface area contributed by atoms with Gasteiger partial charge in [0.15, 0.2) is 5.13 Å².